The maximum Gasteiger partial charge on any atom is 0.417 e. The van der Waals surface area contributed by atoms with Gasteiger partial charge in [0.05, 0.1) is 23.2 Å². The molecule has 5 nitrogen and oxygen atoms in total. The molecule has 0 bridgehead atoms. The highest BCUT2D eigenvalue weighted by atomic mass is 35.5. The van der Waals surface area contributed by atoms with Gasteiger partial charge in [-0.1, -0.05) is 30.9 Å². The number of carbonyl (C=O) groups is 2. The predicted octanol–water partition coefficient (Wildman–Crippen LogP) is 4.07. The molecule has 0 aromatic heterocycles. The third-order valence-electron chi connectivity index (χ3n) is 4.94. The van der Waals surface area contributed by atoms with Crippen LogP contribution in [0.4, 0.5) is 18.9 Å². The van der Waals surface area contributed by atoms with Crippen molar-refractivity contribution in [3.8, 4) is 0 Å². The molecular formula is C19H25ClF3N3O2. The van der Waals surface area contributed by atoms with Gasteiger partial charge in [-0.15, -0.1) is 0 Å². The molecule has 1 aromatic rings. The van der Waals surface area contributed by atoms with Crippen molar-refractivity contribution in [3.05, 3.63) is 28.8 Å². The Morgan fingerprint density at radius 1 is 1.25 bits per heavy atom. The molecule has 1 aliphatic rings. The third kappa shape index (κ3) is 6.38. The van der Waals surface area contributed by atoms with Gasteiger partial charge in [0, 0.05) is 11.7 Å². The molecule has 0 saturated heterocycles. The van der Waals surface area contributed by atoms with Crippen molar-refractivity contribution in [3.63, 3.8) is 0 Å². The van der Waals surface area contributed by atoms with Gasteiger partial charge in [-0.25, -0.2) is 0 Å². The Labute approximate surface area is 167 Å². The largest absolute Gasteiger partial charge is 0.417 e. The number of halogens is 4. The summed E-state index contributed by atoms with van der Waals surface area (Å²) >= 11 is 5.57. The van der Waals surface area contributed by atoms with Gasteiger partial charge in [0.25, 0.3) is 0 Å². The van der Waals surface area contributed by atoms with Crippen molar-refractivity contribution in [1.29, 1.82) is 0 Å². The molecule has 0 spiro atoms. The molecule has 2 rings (SSSR count). The first kappa shape index (κ1) is 22.5. The van der Waals surface area contributed by atoms with E-state index in [1.165, 1.54) is 12.5 Å². The Bertz CT molecular complexity index is 706. The zero-order valence-electron chi connectivity index (χ0n) is 15.9. The Hall–Kier alpha value is -1.80. The van der Waals surface area contributed by atoms with E-state index in [1.807, 2.05) is 0 Å². The first-order chi connectivity index (χ1) is 13.1. The van der Waals surface area contributed by atoms with E-state index in [9.17, 15) is 22.8 Å². The van der Waals surface area contributed by atoms with Gasteiger partial charge in [-0.2, -0.15) is 13.2 Å². The second-order valence-electron chi connectivity index (χ2n) is 7.18. The van der Waals surface area contributed by atoms with Crippen LogP contribution in [0.25, 0.3) is 0 Å². The minimum atomic E-state index is -4.61. The lowest BCUT2D eigenvalue weighted by Gasteiger charge is -2.28. The highest BCUT2D eigenvalue weighted by Gasteiger charge is 2.33. The van der Waals surface area contributed by atoms with Crippen LogP contribution < -0.4 is 10.6 Å². The third-order valence-corrected chi connectivity index (χ3v) is 5.27. The van der Waals surface area contributed by atoms with Crippen LogP contribution in [0.3, 0.4) is 0 Å². The van der Waals surface area contributed by atoms with E-state index in [0.717, 1.165) is 37.8 Å². The summed E-state index contributed by atoms with van der Waals surface area (Å²) < 4.78 is 38.7. The fourth-order valence-electron chi connectivity index (χ4n) is 3.15. The summed E-state index contributed by atoms with van der Waals surface area (Å²) in [6.45, 7) is 1.55. The van der Waals surface area contributed by atoms with Crippen molar-refractivity contribution in [2.24, 2.45) is 0 Å². The zero-order chi connectivity index (χ0) is 20.9. The lowest BCUT2D eigenvalue weighted by Crippen LogP contribution is -2.49. The molecular weight excluding hydrogens is 395 g/mol. The average molecular weight is 420 g/mol. The average Bonchev–Trinajstić information content (AvgIpc) is 2.62. The van der Waals surface area contributed by atoms with E-state index < -0.39 is 28.7 Å². The summed E-state index contributed by atoms with van der Waals surface area (Å²) in [5.74, 6) is -0.677. The number of alkyl halides is 3. The van der Waals surface area contributed by atoms with Crippen LogP contribution in [0.1, 0.15) is 44.6 Å². The van der Waals surface area contributed by atoms with E-state index >= 15 is 0 Å². The standard InChI is InChI=1S/C19H25ClF3N3O2/c1-12(18(28)25-13-6-4-3-5-7-13)26(2)11-17(27)24-14-8-9-16(20)15(10-14)19(21,22)23/h8-10,12-13H,3-7,11H2,1-2H3,(H,24,27)(H,25,28)/t12-/m0/s1. The minimum Gasteiger partial charge on any atom is -0.352 e. The summed E-state index contributed by atoms with van der Waals surface area (Å²) in [4.78, 5) is 26.1. The van der Waals surface area contributed by atoms with Crippen molar-refractivity contribution in [1.82, 2.24) is 10.2 Å². The van der Waals surface area contributed by atoms with Crippen LogP contribution in [0.2, 0.25) is 5.02 Å². The Morgan fingerprint density at radius 3 is 2.50 bits per heavy atom. The monoisotopic (exact) mass is 419 g/mol. The maximum absolute atomic E-state index is 12.9. The molecule has 156 valence electrons. The molecule has 0 unspecified atom stereocenters. The fraction of sp³-hybridized carbons (Fsp3) is 0.579. The van der Waals surface area contributed by atoms with Gasteiger partial charge in [0.2, 0.25) is 11.8 Å². The Kier molecular flexibility index (Phi) is 7.71. The van der Waals surface area contributed by atoms with E-state index in [-0.39, 0.29) is 24.2 Å². The molecule has 1 saturated carbocycles. The van der Waals surface area contributed by atoms with Crippen molar-refractivity contribution >= 4 is 29.1 Å². The quantitative estimate of drug-likeness (QED) is 0.730. The second-order valence-corrected chi connectivity index (χ2v) is 7.58. The van der Waals surface area contributed by atoms with Crippen molar-refractivity contribution in [2.75, 3.05) is 18.9 Å². The van der Waals surface area contributed by atoms with Gasteiger partial charge in [0.1, 0.15) is 0 Å². The second kappa shape index (κ2) is 9.60. The van der Waals surface area contributed by atoms with Crippen LogP contribution in [0.15, 0.2) is 18.2 Å². The SMILES string of the molecule is C[C@@H](C(=O)NC1CCCCC1)N(C)CC(=O)Nc1ccc(Cl)c(C(F)(F)F)c1. The summed E-state index contributed by atoms with van der Waals surface area (Å²) in [5, 5.41) is 4.98. The molecule has 0 heterocycles. The summed E-state index contributed by atoms with van der Waals surface area (Å²) in [6.07, 6.45) is 0.682. The van der Waals surface area contributed by atoms with Gasteiger partial charge < -0.3 is 10.6 Å². The highest BCUT2D eigenvalue weighted by Crippen LogP contribution is 2.36. The van der Waals surface area contributed by atoms with Crippen LogP contribution in [0.5, 0.6) is 0 Å². The van der Waals surface area contributed by atoms with Crippen molar-refractivity contribution in [2.45, 2.75) is 57.3 Å². The number of nitrogens with zero attached hydrogens (tertiary/aromatic N) is 1. The van der Waals surface area contributed by atoms with Crippen LogP contribution >= 0.6 is 11.6 Å². The molecule has 0 radical (unpaired) electrons. The van der Waals surface area contributed by atoms with Gasteiger partial charge >= 0.3 is 6.18 Å². The Morgan fingerprint density at radius 2 is 1.89 bits per heavy atom. The summed E-state index contributed by atoms with van der Waals surface area (Å²) in [6, 6.07) is 2.81. The summed E-state index contributed by atoms with van der Waals surface area (Å²) in [7, 11) is 1.62. The molecule has 2 N–H and O–H groups in total. The van der Waals surface area contributed by atoms with E-state index in [1.54, 1.807) is 18.9 Å². The van der Waals surface area contributed by atoms with Gasteiger partial charge in [-0.3, -0.25) is 14.5 Å². The predicted molar refractivity (Wildman–Crippen MR) is 102 cm³/mol. The van der Waals surface area contributed by atoms with Crippen LogP contribution in [-0.4, -0.2) is 42.4 Å². The number of amides is 2. The summed E-state index contributed by atoms with van der Waals surface area (Å²) in [5.41, 5.74) is -1.02. The molecule has 2 amide bonds. The molecule has 1 aliphatic carbocycles. The van der Waals surface area contributed by atoms with E-state index in [0.29, 0.717) is 0 Å². The van der Waals surface area contributed by atoms with Crippen LogP contribution in [0, 0.1) is 0 Å². The number of hydrogen-bond acceptors (Lipinski definition) is 3. The smallest absolute Gasteiger partial charge is 0.352 e. The minimum absolute atomic E-state index is 0.00515. The zero-order valence-corrected chi connectivity index (χ0v) is 16.7. The van der Waals surface area contributed by atoms with E-state index in [2.05, 4.69) is 10.6 Å². The molecule has 0 aliphatic heterocycles. The first-order valence-corrected chi connectivity index (χ1v) is 9.63. The van der Waals surface area contributed by atoms with Gasteiger partial charge in [0.15, 0.2) is 0 Å². The molecule has 9 heteroatoms. The number of likely N-dealkylation sites (N-methyl/N-ethyl adjacent to an activating group) is 1. The fourth-order valence-corrected chi connectivity index (χ4v) is 3.38. The first-order valence-electron chi connectivity index (χ1n) is 9.25. The number of anilines is 1. The number of nitrogens with one attached hydrogen (secondary N) is 2. The number of rotatable bonds is 6. The number of hydrogen-bond donors (Lipinski definition) is 2. The number of benzene rings is 1. The lowest BCUT2D eigenvalue weighted by molar-refractivity contribution is -0.137. The topological polar surface area (TPSA) is 61.4 Å². The molecule has 1 fully saturated rings. The number of carbonyl (C=O) groups excluding carboxylic acids is 2. The molecule has 28 heavy (non-hydrogen) atoms. The van der Waals surface area contributed by atoms with Crippen molar-refractivity contribution < 1.29 is 22.8 Å². The Balaban J connectivity index is 1.90. The van der Waals surface area contributed by atoms with Gasteiger partial charge in [-0.05, 0) is 45.0 Å². The molecule has 1 aromatic carbocycles. The normalized spacial score (nSPS) is 16.7. The lowest BCUT2D eigenvalue weighted by atomic mass is 9.95. The highest BCUT2D eigenvalue weighted by molar-refractivity contribution is 6.31. The maximum atomic E-state index is 12.9. The van der Waals surface area contributed by atoms with E-state index in [4.69, 9.17) is 11.6 Å². The van der Waals surface area contributed by atoms with Crippen LogP contribution in [-0.2, 0) is 15.8 Å². The molecule has 1 atom stereocenters.